The first-order valence-corrected chi connectivity index (χ1v) is 4.52. The van der Waals surface area contributed by atoms with Gasteiger partial charge in [-0.25, -0.2) is 0 Å². The molecular formula is C11H10N2. The summed E-state index contributed by atoms with van der Waals surface area (Å²) < 4.78 is 0. The average Bonchev–Trinajstić information content (AvgIpc) is 3.00. The molecule has 13 heavy (non-hydrogen) atoms. The lowest BCUT2D eigenvalue weighted by molar-refractivity contribution is 1.09. The van der Waals surface area contributed by atoms with Crippen molar-refractivity contribution in [3.05, 3.63) is 42.1 Å². The van der Waals surface area contributed by atoms with Gasteiger partial charge in [0, 0.05) is 24.2 Å². The molecule has 1 aliphatic heterocycles. The fraction of sp³-hybridized carbons (Fsp3) is 0.182. The number of benzene rings is 1. The highest BCUT2D eigenvalue weighted by atomic mass is 15.1. The monoisotopic (exact) mass is 170 g/mol. The number of aromatic nitrogens is 1. The van der Waals surface area contributed by atoms with Crippen LogP contribution in [-0.2, 0) is 0 Å². The SMILES string of the molecule is c1cc([C@H]2CN2)c2cccnc2c1. The van der Waals surface area contributed by atoms with E-state index in [1.807, 2.05) is 12.3 Å². The average molecular weight is 170 g/mol. The maximum atomic E-state index is 4.32. The number of nitrogens with one attached hydrogen (secondary N) is 1. The largest absolute Gasteiger partial charge is 0.307 e. The van der Waals surface area contributed by atoms with Crippen LogP contribution < -0.4 is 5.32 Å². The van der Waals surface area contributed by atoms with Crippen LogP contribution in [-0.4, -0.2) is 11.5 Å². The fourth-order valence-corrected chi connectivity index (χ4v) is 1.71. The number of fused-ring (bicyclic) bond motifs is 1. The number of hydrogen-bond donors (Lipinski definition) is 1. The molecule has 2 heterocycles. The molecule has 1 N–H and O–H groups in total. The summed E-state index contributed by atoms with van der Waals surface area (Å²) in [6, 6.07) is 11.0. The van der Waals surface area contributed by atoms with Gasteiger partial charge >= 0.3 is 0 Å². The third kappa shape index (κ3) is 1.11. The van der Waals surface area contributed by atoms with Gasteiger partial charge in [0.25, 0.3) is 0 Å². The summed E-state index contributed by atoms with van der Waals surface area (Å²) in [5.41, 5.74) is 2.47. The Hall–Kier alpha value is -1.41. The molecule has 1 aliphatic rings. The van der Waals surface area contributed by atoms with E-state index in [1.165, 1.54) is 10.9 Å². The van der Waals surface area contributed by atoms with E-state index in [0.717, 1.165) is 12.1 Å². The molecule has 2 aromatic rings. The molecule has 64 valence electrons. The predicted octanol–water partition coefficient (Wildman–Crippen LogP) is 1.88. The molecule has 1 aromatic carbocycles. The summed E-state index contributed by atoms with van der Waals surface area (Å²) in [4.78, 5) is 4.32. The van der Waals surface area contributed by atoms with Gasteiger partial charge < -0.3 is 5.32 Å². The van der Waals surface area contributed by atoms with Crippen molar-refractivity contribution in [2.24, 2.45) is 0 Å². The van der Waals surface area contributed by atoms with Gasteiger partial charge in [0.1, 0.15) is 0 Å². The van der Waals surface area contributed by atoms with Gasteiger partial charge in [-0.2, -0.15) is 0 Å². The molecule has 1 saturated heterocycles. The van der Waals surface area contributed by atoms with E-state index in [4.69, 9.17) is 0 Å². The summed E-state index contributed by atoms with van der Waals surface area (Å²) in [7, 11) is 0. The van der Waals surface area contributed by atoms with Crippen molar-refractivity contribution < 1.29 is 0 Å². The molecule has 3 rings (SSSR count). The smallest absolute Gasteiger partial charge is 0.0705 e. The maximum Gasteiger partial charge on any atom is 0.0705 e. The van der Waals surface area contributed by atoms with Crippen LogP contribution >= 0.6 is 0 Å². The van der Waals surface area contributed by atoms with Crippen LogP contribution in [0.5, 0.6) is 0 Å². The van der Waals surface area contributed by atoms with Gasteiger partial charge in [0.05, 0.1) is 5.52 Å². The molecule has 0 bridgehead atoms. The minimum atomic E-state index is 0.563. The Balaban J connectivity index is 2.32. The predicted molar refractivity (Wildman–Crippen MR) is 52.5 cm³/mol. The van der Waals surface area contributed by atoms with Gasteiger partial charge in [-0.3, -0.25) is 4.98 Å². The highest BCUT2D eigenvalue weighted by Gasteiger charge is 2.23. The molecule has 0 unspecified atom stereocenters. The van der Waals surface area contributed by atoms with Crippen molar-refractivity contribution in [1.29, 1.82) is 0 Å². The van der Waals surface area contributed by atoms with Crippen LogP contribution in [0, 0.1) is 0 Å². The van der Waals surface area contributed by atoms with Crippen LogP contribution in [0.1, 0.15) is 11.6 Å². The Labute approximate surface area is 76.6 Å². The molecule has 1 aromatic heterocycles. The van der Waals surface area contributed by atoms with E-state index in [2.05, 4.69) is 34.6 Å². The maximum absolute atomic E-state index is 4.32. The number of nitrogens with zero attached hydrogens (tertiary/aromatic N) is 1. The third-order valence-electron chi connectivity index (χ3n) is 2.46. The van der Waals surface area contributed by atoms with E-state index in [0.29, 0.717) is 6.04 Å². The zero-order valence-corrected chi connectivity index (χ0v) is 7.20. The van der Waals surface area contributed by atoms with E-state index in [1.54, 1.807) is 0 Å². The Bertz CT molecular complexity index is 441. The van der Waals surface area contributed by atoms with Crippen molar-refractivity contribution in [3.63, 3.8) is 0 Å². The lowest BCUT2D eigenvalue weighted by Gasteiger charge is -2.02. The van der Waals surface area contributed by atoms with Crippen molar-refractivity contribution in [2.45, 2.75) is 6.04 Å². The van der Waals surface area contributed by atoms with Gasteiger partial charge in [0.15, 0.2) is 0 Å². The normalized spacial score (nSPS) is 20.5. The van der Waals surface area contributed by atoms with Crippen LogP contribution in [0.2, 0.25) is 0 Å². The first kappa shape index (κ1) is 7.04. The molecule has 2 heteroatoms. The van der Waals surface area contributed by atoms with E-state index in [-0.39, 0.29) is 0 Å². The Morgan fingerprint density at radius 3 is 3.00 bits per heavy atom. The third-order valence-corrected chi connectivity index (χ3v) is 2.46. The van der Waals surface area contributed by atoms with Crippen LogP contribution in [0.25, 0.3) is 10.9 Å². The molecule has 1 fully saturated rings. The Morgan fingerprint density at radius 1 is 1.23 bits per heavy atom. The van der Waals surface area contributed by atoms with Gasteiger partial charge in [-0.1, -0.05) is 18.2 Å². The quantitative estimate of drug-likeness (QED) is 0.663. The standard InChI is InChI=1S/C11H10N2/c1-3-9(11-7-13-11)8-4-2-6-12-10(8)5-1/h1-6,11,13H,7H2/t11-/m1/s1. The minimum absolute atomic E-state index is 0.563. The zero-order valence-electron chi connectivity index (χ0n) is 7.20. The molecule has 0 saturated carbocycles. The van der Waals surface area contributed by atoms with E-state index in [9.17, 15) is 0 Å². The van der Waals surface area contributed by atoms with Crippen LogP contribution in [0.4, 0.5) is 0 Å². The minimum Gasteiger partial charge on any atom is -0.307 e. The Kier molecular flexibility index (Phi) is 1.37. The van der Waals surface area contributed by atoms with Gasteiger partial charge in [-0.15, -0.1) is 0 Å². The highest BCUT2D eigenvalue weighted by Crippen LogP contribution is 2.27. The summed E-state index contributed by atoms with van der Waals surface area (Å²) in [6.45, 7) is 1.11. The summed E-state index contributed by atoms with van der Waals surface area (Å²) in [5, 5.41) is 4.59. The molecule has 1 atom stereocenters. The topological polar surface area (TPSA) is 34.8 Å². The number of rotatable bonds is 1. The first-order valence-electron chi connectivity index (χ1n) is 4.52. The lowest BCUT2D eigenvalue weighted by Crippen LogP contribution is -1.87. The summed E-state index contributed by atoms with van der Waals surface area (Å²) >= 11 is 0. The Morgan fingerprint density at radius 2 is 2.15 bits per heavy atom. The van der Waals surface area contributed by atoms with E-state index >= 15 is 0 Å². The van der Waals surface area contributed by atoms with Crippen molar-refractivity contribution >= 4 is 10.9 Å². The molecular weight excluding hydrogens is 160 g/mol. The molecule has 0 amide bonds. The molecule has 0 radical (unpaired) electrons. The van der Waals surface area contributed by atoms with E-state index < -0.39 is 0 Å². The van der Waals surface area contributed by atoms with Crippen molar-refractivity contribution in [1.82, 2.24) is 10.3 Å². The summed E-state index contributed by atoms with van der Waals surface area (Å²) in [6.07, 6.45) is 1.84. The second-order valence-electron chi connectivity index (χ2n) is 3.38. The van der Waals surface area contributed by atoms with Crippen molar-refractivity contribution in [3.8, 4) is 0 Å². The van der Waals surface area contributed by atoms with Gasteiger partial charge in [0.2, 0.25) is 0 Å². The van der Waals surface area contributed by atoms with Crippen LogP contribution in [0.15, 0.2) is 36.5 Å². The van der Waals surface area contributed by atoms with Crippen LogP contribution in [0.3, 0.4) is 0 Å². The van der Waals surface area contributed by atoms with Gasteiger partial charge in [-0.05, 0) is 17.7 Å². The lowest BCUT2D eigenvalue weighted by atomic mass is 10.1. The fourth-order valence-electron chi connectivity index (χ4n) is 1.71. The molecule has 0 spiro atoms. The summed E-state index contributed by atoms with van der Waals surface area (Å²) in [5.74, 6) is 0. The number of pyridine rings is 1. The second kappa shape index (κ2) is 2.54. The molecule has 0 aliphatic carbocycles. The highest BCUT2D eigenvalue weighted by molar-refractivity contribution is 5.82. The second-order valence-corrected chi connectivity index (χ2v) is 3.38. The number of hydrogen-bond acceptors (Lipinski definition) is 2. The van der Waals surface area contributed by atoms with Crippen molar-refractivity contribution in [2.75, 3.05) is 6.54 Å². The molecule has 2 nitrogen and oxygen atoms in total. The first-order chi connectivity index (χ1) is 6.45. The zero-order chi connectivity index (χ0) is 8.67.